The molecule has 0 atom stereocenters. The molecule has 0 spiro atoms. The predicted octanol–water partition coefficient (Wildman–Crippen LogP) is 4.14. The lowest BCUT2D eigenvalue weighted by molar-refractivity contribution is -0.118. The normalized spacial score (nSPS) is 11.7. The number of ether oxygens (including phenoxy) is 1. The molecular formula is C25H32N4O5S. The highest BCUT2D eigenvalue weighted by atomic mass is 32.2. The maximum atomic E-state index is 12.7. The molecule has 0 unspecified atom stereocenters. The number of carbonyl (C=O) groups is 1. The molecule has 0 aliphatic carbocycles. The van der Waals surface area contributed by atoms with Gasteiger partial charge in [-0.15, -0.1) is 0 Å². The van der Waals surface area contributed by atoms with Gasteiger partial charge in [-0.3, -0.25) is 4.79 Å². The molecule has 1 amide bonds. The Labute approximate surface area is 206 Å². The second-order valence-electron chi connectivity index (χ2n) is 8.43. The summed E-state index contributed by atoms with van der Waals surface area (Å²) in [7, 11) is -3.55. The Hall–Kier alpha value is -3.24. The van der Waals surface area contributed by atoms with E-state index in [1.54, 1.807) is 45.0 Å². The van der Waals surface area contributed by atoms with Crippen LogP contribution >= 0.6 is 0 Å². The predicted molar refractivity (Wildman–Crippen MR) is 133 cm³/mol. The van der Waals surface area contributed by atoms with Crippen molar-refractivity contribution in [2.24, 2.45) is 0 Å². The van der Waals surface area contributed by atoms with Gasteiger partial charge in [-0.05, 0) is 48.4 Å². The summed E-state index contributed by atoms with van der Waals surface area (Å²) >= 11 is 0. The third-order valence-electron chi connectivity index (χ3n) is 5.43. The van der Waals surface area contributed by atoms with Crippen molar-refractivity contribution in [1.82, 2.24) is 14.4 Å². The van der Waals surface area contributed by atoms with Crippen LogP contribution in [0.5, 0.6) is 5.75 Å². The molecule has 1 N–H and O–H groups in total. The highest BCUT2D eigenvalue weighted by Crippen LogP contribution is 2.24. The molecule has 0 fully saturated rings. The lowest BCUT2D eigenvalue weighted by atomic mass is 10.1. The van der Waals surface area contributed by atoms with Crippen molar-refractivity contribution in [2.75, 3.05) is 25.0 Å². The summed E-state index contributed by atoms with van der Waals surface area (Å²) < 4.78 is 37.6. The number of amides is 1. The van der Waals surface area contributed by atoms with Crippen molar-refractivity contribution in [2.45, 2.75) is 51.9 Å². The molecule has 2 aromatic carbocycles. The van der Waals surface area contributed by atoms with Crippen molar-refractivity contribution >= 4 is 21.6 Å². The van der Waals surface area contributed by atoms with Crippen LogP contribution in [0.15, 0.2) is 51.9 Å². The maximum Gasteiger partial charge on any atom is 0.262 e. The molecule has 35 heavy (non-hydrogen) atoms. The van der Waals surface area contributed by atoms with Gasteiger partial charge in [0, 0.05) is 31.1 Å². The number of anilines is 1. The molecule has 1 aromatic heterocycles. The van der Waals surface area contributed by atoms with Gasteiger partial charge in [0.15, 0.2) is 12.4 Å². The standard InChI is InChI=1S/C25H32N4O5S/c1-6-29(7-2)35(31,32)21-12-13-22(18(5)14-21)33-16-24(30)26-20-10-8-19(9-11-20)15-23-27-25(17(3)4)34-28-23/h8-14,17H,6-7,15-16H2,1-5H3,(H,26,30). The Morgan fingerprint density at radius 3 is 2.37 bits per heavy atom. The van der Waals surface area contributed by atoms with E-state index in [1.807, 2.05) is 26.0 Å². The molecule has 188 valence electrons. The van der Waals surface area contributed by atoms with Gasteiger partial charge >= 0.3 is 0 Å². The molecule has 0 saturated heterocycles. The minimum absolute atomic E-state index is 0.179. The number of aryl methyl sites for hydroxylation is 1. The lowest BCUT2D eigenvalue weighted by Gasteiger charge is -2.19. The maximum absolute atomic E-state index is 12.7. The number of rotatable bonds is 11. The molecule has 3 rings (SSSR count). The topological polar surface area (TPSA) is 115 Å². The Kier molecular flexibility index (Phi) is 8.63. The molecule has 1 heterocycles. The van der Waals surface area contributed by atoms with Crippen molar-refractivity contribution in [3.05, 3.63) is 65.3 Å². The van der Waals surface area contributed by atoms with Gasteiger partial charge < -0.3 is 14.6 Å². The van der Waals surface area contributed by atoms with Crippen LogP contribution < -0.4 is 10.1 Å². The first-order chi connectivity index (χ1) is 16.6. The second-order valence-corrected chi connectivity index (χ2v) is 10.4. The fourth-order valence-corrected chi connectivity index (χ4v) is 5.00. The van der Waals surface area contributed by atoms with Gasteiger partial charge in [-0.25, -0.2) is 8.42 Å². The minimum atomic E-state index is -3.55. The van der Waals surface area contributed by atoms with E-state index in [4.69, 9.17) is 9.26 Å². The molecule has 9 nitrogen and oxygen atoms in total. The first-order valence-corrected chi connectivity index (χ1v) is 13.0. The molecule has 0 radical (unpaired) electrons. The van der Waals surface area contributed by atoms with E-state index in [0.29, 0.717) is 48.2 Å². The zero-order valence-electron chi connectivity index (χ0n) is 20.7. The second kappa shape index (κ2) is 11.5. The summed E-state index contributed by atoms with van der Waals surface area (Å²) in [4.78, 5) is 16.9. The van der Waals surface area contributed by atoms with E-state index in [2.05, 4.69) is 15.5 Å². The number of hydrogen-bond donors (Lipinski definition) is 1. The minimum Gasteiger partial charge on any atom is -0.483 e. The number of nitrogens with one attached hydrogen (secondary N) is 1. The van der Waals surface area contributed by atoms with E-state index in [9.17, 15) is 13.2 Å². The van der Waals surface area contributed by atoms with E-state index < -0.39 is 10.0 Å². The molecule has 0 saturated carbocycles. The van der Waals surface area contributed by atoms with Crippen LogP contribution in [0.4, 0.5) is 5.69 Å². The Morgan fingerprint density at radius 2 is 1.80 bits per heavy atom. The Morgan fingerprint density at radius 1 is 1.11 bits per heavy atom. The molecule has 3 aromatic rings. The van der Waals surface area contributed by atoms with Crippen LogP contribution in [0.1, 0.15) is 56.5 Å². The number of aromatic nitrogens is 2. The van der Waals surface area contributed by atoms with Crippen LogP contribution in [-0.2, 0) is 21.2 Å². The summed E-state index contributed by atoms with van der Waals surface area (Å²) in [5.74, 6) is 1.54. The van der Waals surface area contributed by atoms with Gasteiger partial charge in [0.2, 0.25) is 15.9 Å². The number of hydrogen-bond acceptors (Lipinski definition) is 7. The highest BCUT2D eigenvalue weighted by molar-refractivity contribution is 7.89. The van der Waals surface area contributed by atoms with Crippen LogP contribution in [0.25, 0.3) is 0 Å². The van der Waals surface area contributed by atoms with Gasteiger partial charge in [0.25, 0.3) is 5.91 Å². The van der Waals surface area contributed by atoms with Crippen LogP contribution in [-0.4, -0.2) is 48.5 Å². The van der Waals surface area contributed by atoms with Crippen LogP contribution in [0.2, 0.25) is 0 Å². The van der Waals surface area contributed by atoms with Crippen molar-refractivity contribution < 1.29 is 22.5 Å². The zero-order valence-corrected chi connectivity index (χ0v) is 21.6. The lowest BCUT2D eigenvalue weighted by Crippen LogP contribution is -2.30. The highest BCUT2D eigenvalue weighted by Gasteiger charge is 2.22. The van der Waals surface area contributed by atoms with E-state index in [-0.39, 0.29) is 23.3 Å². The van der Waals surface area contributed by atoms with E-state index in [0.717, 1.165) is 5.56 Å². The van der Waals surface area contributed by atoms with E-state index in [1.165, 1.54) is 10.4 Å². The summed E-state index contributed by atoms with van der Waals surface area (Å²) in [5, 5.41) is 6.78. The van der Waals surface area contributed by atoms with Crippen molar-refractivity contribution in [1.29, 1.82) is 0 Å². The molecule has 0 bridgehead atoms. The monoisotopic (exact) mass is 500 g/mol. The number of carbonyl (C=O) groups excluding carboxylic acids is 1. The molecule has 0 aliphatic rings. The molecular weight excluding hydrogens is 468 g/mol. The van der Waals surface area contributed by atoms with Gasteiger partial charge in [0.1, 0.15) is 5.75 Å². The largest absolute Gasteiger partial charge is 0.483 e. The number of benzene rings is 2. The summed E-state index contributed by atoms with van der Waals surface area (Å²) in [6, 6.07) is 12.0. The summed E-state index contributed by atoms with van der Waals surface area (Å²) in [6.45, 7) is 9.93. The molecule has 10 heteroatoms. The number of sulfonamides is 1. The summed E-state index contributed by atoms with van der Waals surface area (Å²) in [5.41, 5.74) is 2.26. The van der Waals surface area contributed by atoms with Crippen molar-refractivity contribution in [3.8, 4) is 5.75 Å². The summed E-state index contributed by atoms with van der Waals surface area (Å²) in [6.07, 6.45) is 0.535. The zero-order chi connectivity index (χ0) is 25.6. The van der Waals surface area contributed by atoms with Gasteiger partial charge in [-0.1, -0.05) is 45.0 Å². The average molecular weight is 501 g/mol. The van der Waals surface area contributed by atoms with Gasteiger partial charge in [0.05, 0.1) is 4.90 Å². The molecule has 0 aliphatic heterocycles. The average Bonchev–Trinajstić information content (AvgIpc) is 3.29. The number of nitrogens with zero attached hydrogens (tertiary/aromatic N) is 3. The first-order valence-electron chi connectivity index (χ1n) is 11.6. The Bertz CT molecular complexity index is 1250. The van der Waals surface area contributed by atoms with Crippen LogP contribution in [0, 0.1) is 6.92 Å². The quantitative estimate of drug-likeness (QED) is 0.421. The third kappa shape index (κ3) is 6.67. The Balaban J connectivity index is 1.55. The van der Waals surface area contributed by atoms with Crippen LogP contribution in [0.3, 0.4) is 0 Å². The SMILES string of the molecule is CCN(CC)S(=O)(=O)c1ccc(OCC(=O)Nc2ccc(Cc3noc(C(C)C)n3)cc2)c(C)c1. The fourth-order valence-electron chi connectivity index (χ4n) is 3.46. The van der Waals surface area contributed by atoms with E-state index >= 15 is 0 Å². The first kappa shape index (κ1) is 26.4. The fraction of sp³-hybridized carbons (Fsp3) is 0.400. The smallest absolute Gasteiger partial charge is 0.262 e. The van der Waals surface area contributed by atoms with Gasteiger partial charge in [-0.2, -0.15) is 9.29 Å². The van der Waals surface area contributed by atoms with Crippen molar-refractivity contribution in [3.63, 3.8) is 0 Å². The third-order valence-corrected chi connectivity index (χ3v) is 7.47.